The third-order valence-corrected chi connectivity index (χ3v) is 6.74. The zero-order valence-corrected chi connectivity index (χ0v) is 19.2. The summed E-state index contributed by atoms with van der Waals surface area (Å²) in [5, 5.41) is 8.74. The zero-order valence-electron chi connectivity index (χ0n) is 18.4. The highest BCUT2D eigenvalue weighted by molar-refractivity contribution is 7.16. The van der Waals surface area contributed by atoms with E-state index in [9.17, 15) is 14.4 Å². The topological polar surface area (TPSA) is 87.2 Å². The smallest absolute Gasteiger partial charge is 0.253 e. The Morgan fingerprint density at radius 3 is 2.28 bits per heavy atom. The van der Waals surface area contributed by atoms with Gasteiger partial charge in [0.25, 0.3) is 5.91 Å². The summed E-state index contributed by atoms with van der Waals surface area (Å²) in [7, 11) is 0. The van der Waals surface area contributed by atoms with Crippen LogP contribution >= 0.6 is 11.3 Å². The number of carbonyl (C=O) groups is 3. The van der Waals surface area contributed by atoms with Gasteiger partial charge in [0.1, 0.15) is 0 Å². The maximum atomic E-state index is 12.8. The summed E-state index contributed by atoms with van der Waals surface area (Å²) in [6.45, 7) is 6.26. The van der Waals surface area contributed by atoms with Crippen LogP contribution in [-0.4, -0.2) is 84.9 Å². The van der Waals surface area contributed by atoms with Crippen LogP contribution < -0.4 is 0 Å². The highest BCUT2D eigenvalue weighted by atomic mass is 32.1. The van der Waals surface area contributed by atoms with E-state index in [0.717, 1.165) is 25.2 Å². The van der Waals surface area contributed by atoms with E-state index in [1.54, 1.807) is 12.1 Å². The number of benzene rings is 1. The number of Topliss-reactive ketones (excluding diaryl/α,β-unsaturated/α-hetero) is 2. The van der Waals surface area contributed by atoms with E-state index in [4.69, 9.17) is 9.84 Å². The van der Waals surface area contributed by atoms with E-state index in [0.29, 0.717) is 54.5 Å². The molecule has 1 aromatic carbocycles. The van der Waals surface area contributed by atoms with E-state index in [1.807, 2.05) is 29.2 Å². The predicted molar refractivity (Wildman–Crippen MR) is 124 cm³/mol. The standard InChI is InChI=1S/C24H30N2O5S/c1-18(28)22-8-9-23(32-22)21(29)7-4-19-2-5-20(6-3-19)24(30)26-12-10-25(11-13-26)14-16-31-17-15-27/h2-3,5-6,8-9,27H,4,7,10-17H2,1H3. The van der Waals surface area contributed by atoms with Crippen LogP contribution in [0.5, 0.6) is 0 Å². The maximum absolute atomic E-state index is 12.8. The number of aryl methyl sites for hydroxylation is 1. The molecule has 0 bridgehead atoms. The summed E-state index contributed by atoms with van der Waals surface area (Å²) < 4.78 is 5.30. The number of ketones is 2. The van der Waals surface area contributed by atoms with Crippen LogP contribution in [0.4, 0.5) is 0 Å². The number of amides is 1. The largest absolute Gasteiger partial charge is 0.394 e. The molecule has 32 heavy (non-hydrogen) atoms. The Morgan fingerprint density at radius 1 is 0.969 bits per heavy atom. The molecule has 1 aliphatic rings. The van der Waals surface area contributed by atoms with Crippen LogP contribution in [0.1, 0.15) is 48.6 Å². The molecule has 0 saturated carbocycles. The third-order valence-electron chi connectivity index (χ3n) is 5.52. The minimum absolute atomic E-state index is 0.0252. The van der Waals surface area contributed by atoms with Crippen LogP contribution in [0.15, 0.2) is 36.4 Å². The molecule has 172 valence electrons. The van der Waals surface area contributed by atoms with Crippen LogP contribution in [0.25, 0.3) is 0 Å². The van der Waals surface area contributed by atoms with Crippen molar-refractivity contribution >= 4 is 28.8 Å². The number of nitrogens with zero attached hydrogens (tertiary/aromatic N) is 2. The second kappa shape index (κ2) is 12.0. The van der Waals surface area contributed by atoms with Crippen molar-refractivity contribution in [1.29, 1.82) is 0 Å². The molecule has 0 atom stereocenters. The lowest BCUT2D eigenvalue weighted by Gasteiger charge is -2.34. The molecular weight excluding hydrogens is 428 g/mol. The minimum Gasteiger partial charge on any atom is -0.394 e. The SMILES string of the molecule is CC(=O)c1ccc(C(=O)CCc2ccc(C(=O)N3CCN(CCOCCO)CC3)cc2)s1. The number of aliphatic hydroxyl groups is 1. The number of hydrogen-bond donors (Lipinski definition) is 1. The quantitative estimate of drug-likeness (QED) is 0.411. The van der Waals surface area contributed by atoms with Gasteiger partial charge in [-0.3, -0.25) is 19.3 Å². The molecule has 1 amide bonds. The minimum atomic E-state index is -0.0252. The van der Waals surface area contributed by atoms with E-state index in [2.05, 4.69) is 4.90 Å². The molecule has 0 radical (unpaired) electrons. The van der Waals surface area contributed by atoms with Crippen molar-refractivity contribution in [3.05, 3.63) is 57.3 Å². The van der Waals surface area contributed by atoms with Crippen LogP contribution in [0.3, 0.4) is 0 Å². The zero-order chi connectivity index (χ0) is 22.9. The van der Waals surface area contributed by atoms with Crippen LogP contribution in [-0.2, 0) is 11.2 Å². The Kier molecular flexibility index (Phi) is 9.11. The van der Waals surface area contributed by atoms with Crippen molar-refractivity contribution in [2.24, 2.45) is 0 Å². The van der Waals surface area contributed by atoms with Gasteiger partial charge in [0.15, 0.2) is 11.6 Å². The second-order valence-corrected chi connectivity index (χ2v) is 8.89. The molecule has 1 N–H and O–H groups in total. The van der Waals surface area contributed by atoms with Gasteiger partial charge in [-0.05, 0) is 43.2 Å². The molecule has 8 heteroatoms. The number of hydrogen-bond acceptors (Lipinski definition) is 7. The van der Waals surface area contributed by atoms with Crippen LogP contribution in [0.2, 0.25) is 0 Å². The molecule has 1 fully saturated rings. The Morgan fingerprint density at radius 2 is 1.66 bits per heavy atom. The average molecular weight is 459 g/mol. The fourth-order valence-corrected chi connectivity index (χ4v) is 4.46. The van der Waals surface area contributed by atoms with Gasteiger partial charge in [0.2, 0.25) is 0 Å². The van der Waals surface area contributed by atoms with Gasteiger partial charge in [-0.25, -0.2) is 0 Å². The summed E-state index contributed by atoms with van der Waals surface area (Å²) >= 11 is 1.24. The predicted octanol–water partition coefficient (Wildman–Crippen LogP) is 2.53. The van der Waals surface area contributed by atoms with E-state index in [1.165, 1.54) is 18.3 Å². The van der Waals surface area contributed by atoms with Crippen molar-refractivity contribution in [3.8, 4) is 0 Å². The van der Waals surface area contributed by atoms with E-state index < -0.39 is 0 Å². The lowest BCUT2D eigenvalue weighted by molar-refractivity contribution is 0.0486. The molecule has 7 nitrogen and oxygen atoms in total. The molecule has 2 aromatic rings. The number of carbonyl (C=O) groups excluding carboxylic acids is 3. The van der Waals surface area contributed by atoms with Gasteiger partial charge < -0.3 is 14.7 Å². The Bertz CT molecular complexity index is 917. The van der Waals surface area contributed by atoms with Crippen molar-refractivity contribution in [2.45, 2.75) is 19.8 Å². The fourth-order valence-electron chi connectivity index (χ4n) is 3.59. The molecule has 1 saturated heterocycles. The molecule has 1 aliphatic heterocycles. The Hall–Kier alpha value is -2.39. The number of thiophene rings is 1. The molecule has 0 unspecified atom stereocenters. The van der Waals surface area contributed by atoms with Crippen molar-refractivity contribution in [2.75, 3.05) is 52.5 Å². The third kappa shape index (κ3) is 6.80. The molecule has 1 aromatic heterocycles. The summed E-state index contributed by atoms with van der Waals surface area (Å²) in [4.78, 5) is 41.9. The fraction of sp³-hybridized carbons (Fsp3) is 0.458. The number of piperazine rings is 1. The normalized spacial score (nSPS) is 14.5. The number of rotatable bonds is 11. The summed E-state index contributed by atoms with van der Waals surface area (Å²) in [6.07, 6.45) is 0.965. The Balaban J connectivity index is 1.44. The number of ether oxygens (including phenoxy) is 1. The van der Waals surface area contributed by atoms with Crippen molar-refractivity contribution in [3.63, 3.8) is 0 Å². The van der Waals surface area contributed by atoms with E-state index >= 15 is 0 Å². The molecule has 0 aliphatic carbocycles. The Labute approximate surface area is 192 Å². The number of aliphatic hydroxyl groups excluding tert-OH is 1. The first kappa shape index (κ1) is 24.3. The van der Waals surface area contributed by atoms with Gasteiger partial charge in [0.05, 0.1) is 29.6 Å². The summed E-state index contributed by atoms with van der Waals surface area (Å²) in [6, 6.07) is 10.9. The molecular formula is C24H30N2O5S. The van der Waals surface area contributed by atoms with Crippen molar-refractivity contribution in [1.82, 2.24) is 9.80 Å². The molecule has 2 heterocycles. The lowest BCUT2D eigenvalue weighted by atomic mass is 10.0. The van der Waals surface area contributed by atoms with Gasteiger partial charge in [-0.1, -0.05) is 12.1 Å². The van der Waals surface area contributed by atoms with Gasteiger partial charge in [-0.2, -0.15) is 0 Å². The summed E-state index contributed by atoms with van der Waals surface area (Å²) in [5.74, 6) is 0.0317. The second-order valence-electron chi connectivity index (χ2n) is 7.81. The first-order chi connectivity index (χ1) is 15.5. The molecule has 0 spiro atoms. The highest BCUT2D eigenvalue weighted by Gasteiger charge is 2.22. The van der Waals surface area contributed by atoms with E-state index in [-0.39, 0.29) is 24.1 Å². The average Bonchev–Trinajstić information content (AvgIpc) is 3.32. The first-order valence-electron chi connectivity index (χ1n) is 10.9. The first-order valence-corrected chi connectivity index (χ1v) is 11.7. The van der Waals surface area contributed by atoms with Gasteiger partial charge in [0, 0.05) is 44.7 Å². The summed E-state index contributed by atoms with van der Waals surface area (Å²) in [5.41, 5.74) is 1.66. The van der Waals surface area contributed by atoms with Crippen molar-refractivity contribution < 1.29 is 24.2 Å². The highest BCUT2D eigenvalue weighted by Crippen LogP contribution is 2.20. The van der Waals surface area contributed by atoms with Crippen LogP contribution in [0, 0.1) is 0 Å². The van der Waals surface area contributed by atoms with Gasteiger partial charge in [-0.15, -0.1) is 11.3 Å². The monoisotopic (exact) mass is 458 g/mol. The van der Waals surface area contributed by atoms with Gasteiger partial charge >= 0.3 is 0 Å². The maximum Gasteiger partial charge on any atom is 0.253 e. The molecule has 3 rings (SSSR count). The lowest BCUT2D eigenvalue weighted by Crippen LogP contribution is -2.49.